The molecule has 92 valence electrons. The van der Waals surface area contributed by atoms with Crippen molar-refractivity contribution in [2.75, 3.05) is 19.7 Å². The Labute approximate surface area is 96.3 Å². The molecule has 2 saturated heterocycles. The number of ether oxygens (including phenoxy) is 1. The van der Waals surface area contributed by atoms with Crippen LogP contribution >= 0.6 is 0 Å². The van der Waals surface area contributed by atoms with E-state index in [1.165, 1.54) is 6.42 Å². The zero-order chi connectivity index (χ0) is 11.4. The third-order valence-corrected chi connectivity index (χ3v) is 3.14. The highest BCUT2D eigenvalue weighted by Gasteiger charge is 2.40. The van der Waals surface area contributed by atoms with Gasteiger partial charge in [-0.25, -0.2) is 0 Å². The fourth-order valence-corrected chi connectivity index (χ4v) is 2.45. The van der Waals surface area contributed by atoms with Crippen molar-refractivity contribution in [1.29, 1.82) is 0 Å². The van der Waals surface area contributed by atoms with Gasteiger partial charge < -0.3 is 20.5 Å². The van der Waals surface area contributed by atoms with Crippen molar-refractivity contribution in [2.45, 2.75) is 44.4 Å². The SMILES string of the molecule is CCNC(=NCCO)NC1CC2CCC1O2. The van der Waals surface area contributed by atoms with Crippen molar-refractivity contribution in [1.82, 2.24) is 10.6 Å². The van der Waals surface area contributed by atoms with E-state index in [1.807, 2.05) is 6.92 Å². The van der Waals surface area contributed by atoms with E-state index in [0.29, 0.717) is 24.8 Å². The van der Waals surface area contributed by atoms with Crippen molar-refractivity contribution in [3.05, 3.63) is 0 Å². The van der Waals surface area contributed by atoms with E-state index in [-0.39, 0.29) is 6.61 Å². The summed E-state index contributed by atoms with van der Waals surface area (Å²) in [6.07, 6.45) is 4.23. The predicted molar refractivity (Wildman–Crippen MR) is 62.5 cm³/mol. The first kappa shape index (κ1) is 11.7. The van der Waals surface area contributed by atoms with Crippen molar-refractivity contribution in [2.24, 2.45) is 4.99 Å². The summed E-state index contributed by atoms with van der Waals surface area (Å²) in [4.78, 5) is 4.27. The first-order valence-electron chi connectivity index (χ1n) is 6.14. The minimum Gasteiger partial charge on any atom is -0.394 e. The van der Waals surface area contributed by atoms with Crippen molar-refractivity contribution < 1.29 is 9.84 Å². The largest absolute Gasteiger partial charge is 0.394 e. The van der Waals surface area contributed by atoms with Crippen LogP contribution in [-0.2, 0) is 4.74 Å². The predicted octanol–water partition coefficient (Wildman–Crippen LogP) is -0.146. The molecule has 3 N–H and O–H groups in total. The topological polar surface area (TPSA) is 65.9 Å². The van der Waals surface area contributed by atoms with Gasteiger partial charge in [-0.15, -0.1) is 0 Å². The highest BCUT2D eigenvalue weighted by Crippen LogP contribution is 2.34. The number of aliphatic hydroxyl groups is 1. The molecule has 2 bridgehead atoms. The Morgan fingerprint density at radius 3 is 2.94 bits per heavy atom. The second-order valence-corrected chi connectivity index (χ2v) is 4.34. The molecule has 3 atom stereocenters. The highest BCUT2D eigenvalue weighted by molar-refractivity contribution is 5.80. The second-order valence-electron chi connectivity index (χ2n) is 4.34. The highest BCUT2D eigenvalue weighted by atomic mass is 16.5. The molecule has 5 heteroatoms. The summed E-state index contributed by atoms with van der Waals surface area (Å²) in [5.41, 5.74) is 0. The Morgan fingerprint density at radius 1 is 1.50 bits per heavy atom. The number of hydrogen-bond acceptors (Lipinski definition) is 3. The van der Waals surface area contributed by atoms with Gasteiger partial charge in [-0.05, 0) is 26.2 Å². The molecule has 0 spiro atoms. The van der Waals surface area contributed by atoms with Gasteiger partial charge in [-0.1, -0.05) is 0 Å². The summed E-state index contributed by atoms with van der Waals surface area (Å²) in [6, 6.07) is 0.384. The molecule has 0 aromatic rings. The summed E-state index contributed by atoms with van der Waals surface area (Å²) < 4.78 is 5.77. The molecule has 2 rings (SSSR count). The van der Waals surface area contributed by atoms with Gasteiger partial charge in [-0.3, -0.25) is 4.99 Å². The van der Waals surface area contributed by atoms with Crippen LogP contribution in [0, 0.1) is 0 Å². The fourth-order valence-electron chi connectivity index (χ4n) is 2.45. The van der Waals surface area contributed by atoms with Crippen LogP contribution in [0.4, 0.5) is 0 Å². The van der Waals surface area contributed by atoms with Crippen LogP contribution in [0.5, 0.6) is 0 Å². The quantitative estimate of drug-likeness (QED) is 0.462. The smallest absolute Gasteiger partial charge is 0.191 e. The fraction of sp³-hybridized carbons (Fsp3) is 0.909. The van der Waals surface area contributed by atoms with Gasteiger partial charge in [-0.2, -0.15) is 0 Å². The number of fused-ring (bicyclic) bond motifs is 2. The molecular weight excluding hydrogens is 206 g/mol. The van der Waals surface area contributed by atoms with Crippen LogP contribution in [0.1, 0.15) is 26.2 Å². The minimum atomic E-state index is 0.0871. The molecule has 5 nitrogen and oxygen atoms in total. The van der Waals surface area contributed by atoms with Gasteiger partial charge in [0.1, 0.15) is 0 Å². The number of aliphatic imine (C=N–C) groups is 1. The molecule has 0 aromatic carbocycles. The summed E-state index contributed by atoms with van der Waals surface area (Å²) in [5.74, 6) is 0.790. The molecule has 0 radical (unpaired) electrons. The maximum atomic E-state index is 8.76. The lowest BCUT2D eigenvalue weighted by atomic mass is 9.96. The van der Waals surface area contributed by atoms with Crippen LogP contribution in [0.2, 0.25) is 0 Å². The van der Waals surface area contributed by atoms with Crippen LogP contribution in [0.25, 0.3) is 0 Å². The lowest BCUT2D eigenvalue weighted by Crippen LogP contribution is -2.47. The summed E-state index contributed by atoms with van der Waals surface area (Å²) in [7, 11) is 0. The molecule has 2 aliphatic rings. The van der Waals surface area contributed by atoms with E-state index in [1.54, 1.807) is 0 Å². The van der Waals surface area contributed by atoms with E-state index >= 15 is 0 Å². The molecule has 0 saturated carbocycles. The van der Waals surface area contributed by atoms with Crippen LogP contribution < -0.4 is 10.6 Å². The zero-order valence-corrected chi connectivity index (χ0v) is 9.78. The van der Waals surface area contributed by atoms with Crippen molar-refractivity contribution in [3.8, 4) is 0 Å². The number of rotatable bonds is 4. The zero-order valence-electron chi connectivity index (χ0n) is 9.78. The van der Waals surface area contributed by atoms with E-state index < -0.39 is 0 Å². The Morgan fingerprint density at radius 2 is 2.38 bits per heavy atom. The maximum Gasteiger partial charge on any atom is 0.191 e. The van der Waals surface area contributed by atoms with E-state index in [0.717, 1.165) is 25.3 Å². The van der Waals surface area contributed by atoms with Gasteiger partial charge >= 0.3 is 0 Å². The standard InChI is InChI=1S/C11H21N3O2/c1-2-12-11(13-5-6-15)14-9-7-8-3-4-10(9)16-8/h8-10,15H,2-7H2,1H3,(H2,12,13,14). The first-order chi connectivity index (χ1) is 7.83. The van der Waals surface area contributed by atoms with Gasteiger partial charge in [0.25, 0.3) is 0 Å². The second kappa shape index (κ2) is 5.50. The minimum absolute atomic E-state index is 0.0871. The number of aliphatic hydroxyl groups excluding tert-OH is 1. The van der Waals surface area contributed by atoms with Crippen molar-refractivity contribution in [3.63, 3.8) is 0 Å². The van der Waals surface area contributed by atoms with E-state index in [2.05, 4.69) is 15.6 Å². The van der Waals surface area contributed by atoms with Gasteiger partial charge in [0.2, 0.25) is 0 Å². The average molecular weight is 227 g/mol. The molecule has 2 heterocycles. The molecule has 0 aliphatic carbocycles. The van der Waals surface area contributed by atoms with Gasteiger partial charge in [0.15, 0.2) is 5.96 Å². The van der Waals surface area contributed by atoms with Crippen molar-refractivity contribution >= 4 is 5.96 Å². The molecule has 2 aliphatic heterocycles. The first-order valence-corrected chi connectivity index (χ1v) is 6.14. The van der Waals surface area contributed by atoms with E-state index in [4.69, 9.17) is 9.84 Å². The Hall–Kier alpha value is -0.810. The van der Waals surface area contributed by atoms with E-state index in [9.17, 15) is 0 Å². The lowest BCUT2D eigenvalue weighted by Gasteiger charge is -2.22. The molecular formula is C11H21N3O2. The number of nitrogens with zero attached hydrogens (tertiary/aromatic N) is 1. The summed E-state index contributed by atoms with van der Waals surface area (Å²) in [6.45, 7) is 3.40. The lowest BCUT2D eigenvalue weighted by molar-refractivity contribution is 0.0992. The van der Waals surface area contributed by atoms with Crippen LogP contribution in [-0.4, -0.2) is 49.0 Å². The van der Waals surface area contributed by atoms with Crippen LogP contribution in [0.15, 0.2) is 4.99 Å². The molecule has 16 heavy (non-hydrogen) atoms. The Balaban J connectivity index is 1.85. The maximum absolute atomic E-state index is 8.76. The Kier molecular flexibility index (Phi) is 4.01. The molecule has 3 unspecified atom stereocenters. The van der Waals surface area contributed by atoms with Crippen LogP contribution in [0.3, 0.4) is 0 Å². The summed E-state index contributed by atoms with van der Waals surface area (Å²) >= 11 is 0. The number of nitrogens with one attached hydrogen (secondary N) is 2. The number of hydrogen-bond donors (Lipinski definition) is 3. The average Bonchev–Trinajstić information content (AvgIpc) is 2.88. The summed E-state index contributed by atoms with van der Waals surface area (Å²) in [5, 5.41) is 15.3. The number of guanidine groups is 1. The third kappa shape index (κ3) is 2.65. The monoisotopic (exact) mass is 227 g/mol. The third-order valence-electron chi connectivity index (χ3n) is 3.14. The molecule has 0 amide bonds. The van der Waals surface area contributed by atoms with Gasteiger partial charge in [0, 0.05) is 6.54 Å². The Bertz CT molecular complexity index is 258. The normalized spacial score (nSPS) is 33.1. The van der Waals surface area contributed by atoms with Gasteiger partial charge in [0.05, 0.1) is 31.4 Å². The molecule has 2 fully saturated rings. The molecule has 0 aromatic heterocycles.